The number of ether oxygens (including phenoxy) is 1. The van der Waals surface area contributed by atoms with Gasteiger partial charge in [-0.1, -0.05) is 13.0 Å². The molecule has 1 aromatic rings. The van der Waals surface area contributed by atoms with Crippen LogP contribution in [0.25, 0.3) is 0 Å². The highest BCUT2D eigenvalue weighted by Gasteiger charge is 2.18. The second kappa shape index (κ2) is 8.95. The summed E-state index contributed by atoms with van der Waals surface area (Å²) >= 11 is 0. The van der Waals surface area contributed by atoms with Crippen LogP contribution < -0.4 is 0 Å². The lowest BCUT2D eigenvalue weighted by Crippen LogP contribution is -2.40. The van der Waals surface area contributed by atoms with Gasteiger partial charge >= 0.3 is 0 Å². The highest BCUT2D eigenvalue weighted by molar-refractivity contribution is 5.06. The molecule has 2 atom stereocenters. The maximum absolute atomic E-state index is 10.1. The molecule has 0 aromatic carbocycles. The molecule has 1 rings (SSSR count). The van der Waals surface area contributed by atoms with Gasteiger partial charge in [-0.25, -0.2) is 0 Å². The minimum Gasteiger partial charge on any atom is -0.389 e. The van der Waals surface area contributed by atoms with Gasteiger partial charge in [0.25, 0.3) is 0 Å². The Labute approximate surface area is 122 Å². The predicted octanol–water partition coefficient (Wildman–Crippen LogP) is 2.19. The fraction of sp³-hybridized carbons (Fsp3) is 0.625. The molecule has 0 fully saturated rings. The Morgan fingerprint density at radius 3 is 2.85 bits per heavy atom. The summed E-state index contributed by atoms with van der Waals surface area (Å²) in [6, 6.07) is 4.60. The largest absolute Gasteiger partial charge is 0.389 e. The maximum atomic E-state index is 10.1. The van der Waals surface area contributed by atoms with Crippen LogP contribution in [-0.4, -0.2) is 46.5 Å². The van der Waals surface area contributed by atoms with Crippen molar-refractivity contribution in [2.45, 2.75) is 39.0 Å². The van der Waals surface area contributed by atoms with Crippen LogP contribution in [0.4, 0.5) is 0 Å². The minimum absolute atomic E-state index is 0.353. The monoisotopic (exact) mass is 280 g/mol. The van der Waals surface area contributed by atoms with Crippen molar-refractivity contribution in [1.82, 2.24) is 9.47 Å². The van der Waals surface area contributed by atoms with E-state index in [1.54, 1.807) is 6.08 Å². The van der Waals surface area contributed by atoms with E-state index in [-0.39, 0.29) is 0 Å². The van der Waals surface area contributed by atoms with E-state index in [1.165, 1.54) is 5.69 Å². The van der Waals surface area contributed by atoms with E-state index in [2.05, 4.69) is 36.0 Å². The van der Waals surface area contributed by atoms with Crippen molar-refractivity contribution in [3.05, 3.63) is 36.7 Å². The number of nitrogens with zero attached hydrogens (tertiary/aromatic N) is 2. The summed E-state index contributed by atoms with van der Waals surface area (Å²) in [7, 11) is 2.05. The van der Waals surface area contributed by atoms with E-state index in [9.17, 15) is 5.11 Å². The Morgan fingerprint density at radius 2 is 2.30 bits per heavy atom. The van der Waals surface area contributed by atoms with Crippen molar-refractivity contribution in [1.29, 1.82) is 0 Å². The number of hydrogen-bond donors (Lipinski definition) is 1. The molecule has 0 unspecified atom stereocenters. The van der Waals surface area contributed by atoms with E-state index < -0.39 is 6.10 Å². The van der Waals surface area contributed by atoms with E-state index in [0.717, 1.165) is 13.0 Å². The quantitative estimate of drug-likeness (QED) is 0.527. The van der Waals surface area contributed by atoms with Crippen LogP contribution in [0.1, 0.15) is 26.0 Å². The number of hydrogen-bond acceptors (Lipinski definition) is 3. The first kappa shape index (κ1) is 17.0. The van der Waals surface area contributed by atoms with Gasteiger partial charge in [0.1, 0.15) is 0 Å². The summed E-state index contributed by atoms with van der Waals surface area (Å²) < 4.78 is 7.44. The van der Waals surface area contributed by atoms with Gasteiger partial charge in [-0.3, -0.25) is 4.90 Å². The molecule has 0 aliphatic heterocycles. The average Bonchev–Trinajstić information content (AvgIpc) is 2.83. The molecular weight excluding hydrogens is 252 g/mol. The van der Waals surface area contributed by atoms with Crippen LogP contribution in [-0.2, 0) is 18.3 Å². The fourth-order valence-electron chi connectivity index (χ4n) is 2.14. The fourth-order valence-corrected chi connectivity index (χ4v) is 2.14. The smallest absolute Gasteiger partial charge is 0.0900 e. The summed E-state index contributed by atoms with van der Waals surface area (Å²) in [4.78, 5) is 2.30. The van der Waals surface area contributed by atoms with Crippen molar-refractivity contribution in [3.8, 4) is 0 Å². The van der Waals surface area contributed by atoms with Crippen molar-refractivity contribution in [2.24, 2.45) is 7.05 Å². The Kier molecular flexibility index (Phi) is 7.59. The van der Waals surface area contributed by atoms with Crippen LogP contribution in [0, 0.1) is 0 Å². The second-order valence-corrected chi connectivity index (χ2v) is 5.28. The highest BCUT2D eigenvalue weighted by atomic mass is 16.5. The number of aliphatic hydroxyl groups is 1. The summed E-state index contributed by atoms with van der Waals surface area (Å²) in [5.41, 5.74) is 1.25. The first-order chi connectivity index (χ1) is 9.58. The molecule has 20 heavy (non-hydrogen) atoms. The normalized spacial score (nSPS) is 14.4. The number of aryl methyl sites for hydroxylation is 1. The zero-order valence-corrected chi connectivity index (χ0v) is 13.0. The predicted molar refractivity (Wildman–Crippen MR) is 82.6 cm³/mol. The topological polar surface area (TPSA) is 37.6 Å². The maximum Gasteiger partial charge on any atom is 0.0900 e. The molecule has 0 saturated heterocycles. The van der Waals surface area contributed by atoms with Gasteiger partial charge in [0, 0.05) is 38.1 Å². The standard InChI is InChI=1S/C16H28N2O2/c1-5-10-20-13-16(19)12-18(14(3)6-2)11-15-8-7-9-17(15)4/h5,7-9,14,16,19H,1,6,10-13H2,2-4H3/t14-,16-/m1/s1. The van der Waals surface area contributed by atoms with Gasteiger partial charge in [0.2, 0.25) is 0 Å². The zero-order chi connectivity index (χ0) is 15.0. The lowest BCUT2D eigenvalue weighted by molar-refractivity contribution is 0.0152. The van der Waals surface area contributed by atoms with Gasteiger partial charge in [0.05, 0.1) is 19.3 Å². The molecule has 1 N–H and O–H groups in total. The highest BCUT2D eigenvalue weighted by Crippen LogP contribution is 2.11. The Hall–Kier alpha value is -1.10. The molecule has 4 heteroatoms. The van der Waals surface area contributed by atoms with Gasteiger partial charge in [-0.2, -0.15) is 0 Å². The minimum atomic E-state index is -0.468. The Bertz CT molecular complexity index is 390. The van der Waals surface area contributed by atoms with E-state index in [1.807, 2.05) is 19.3 Å². The molecule has 1 heterocycles. The van der Waals surface area contributed by atoms with Crippen molar-refractivity contribution >= 4 is 0 Å². The summed E-state index contributed by atoms with van der Waals surface area (Å²) in [5, 5.41) is 10.1. The van der Waals surface area contributed by atoms with Gasteiger partial charge in [-0.15, -0.1) is 6.58 Å². The summed E-state index contributed by atoms with van der Waals surface area (Å²) in [6.07, 6.45) is 4.34. The Balaban J connectivity index is 2.56. The molecule has 0 amide bonds. The average molecular weight is 280 g/mol. The van der Waals surface area contributed by atoms with Gasteiger partial charge < -0.3 is 14.4 Å². The van der Waals surface area contributed by atoms with Crippen LogP contribution in [0.5, 0.6) is 0 Å². The number of rotatable bonds is 10. The number of aliphatic hydroxyl groups excluding tert-OH is 1. The van der Waals surface area contributed by atoms with Gasteiger partial charge in [-0.05, 0) is 25.5 Å². The van der Waals surface area contributed by atoms with Crippen molar-refractivity contribution < 1.29 is 9.84 Å². The van der Waals surface area contributed by atoms with Crippen molar-refractivity contribution in [3.63, 3.8) is 0 Å². The first-order valence-corrected chi connectivity index (χ1v) is 7.29. The van der Waals surface area contributed by atoms with Crippen LogP contribution >= 0.6 is 0 Å². The zero-order valence-electron chi connectivity index (χ0n) is 13.0. The molecule has 4 nitrogen and oxygen atoms in total. The Morgan fingerprint density at radius 1 is 1.55 bits per heavy atom. The van der Waals surface area contributed by atoms with E-state index >= 15 is 0 Å². The van der Waals surface area contributed by atoms with Crippen molar-refractivity contribution in [2.75, 3.05) is 19.8 Å². The molecule has 0 spiro atoms. The van der Waals surface area contributed by atoms with Gasteiger partial charge in [0.15, 0.2) is 0 Å². The van der Waals surface area contributed by atoms with Crippen LogP contribution in [0.3, 0.4) is 0 Å². The molecule has 0 bridgehead atoms. The second-order valence-electron chi connectivity index (χ2n) is 5.28. The van der Waals surface area contributed by atoms with E-state index in [4.69, 9.17) is 4.74 Å². The van der Waals surface area contributed by atoms with E-state index in [0.29, 0.717) is 25.8 Å². The molecule has 114 valence electrons. The SMILES string of the molecule is C=CCOC[C@H](O)CN(Cc1cccn1C)[C@H](C)CC. The van der Waals surface area contributed by atoms with Crippen LogP contribution in [0.2, 0.25) is 0 Å². The third-order valence-corrected chi connectivity index (χ3v) is 3.62. The molecule has 1 aromatic heterocycles. The number of aromatic nitrogens is 1. The molecule has 0 saturated carbocycles. The molecule has 0 aliphatic rings. The first-order valence-electron chi connectivity index (χ1n) is 7.29. The molecule has 0 radical (unpaired) electrons. The lowest BCUT2D eigenvalue weighted by atomic mass is 10.2. The van der Waals surface area contributed by atoms with Crippen LogP contribution in [0.15, 0.2) is 31.0 Å². The third-order valence-electron chi connectivity index (χ3n) is 3.62. The lowest BCUT2D eigenvalue weighted by Gasteiger charge is -2.30. The summed E-state index contributed by atoms with van der Waals surface area (Å²) in [5.74, 6) is 0. The molecule has 0 aliphatic carbocycles. The summed E-state index contributed by atoms with van der Waals surface area (Å²) in [6.45, 7) is 10.3. The molecular formula is C16H28N2O2. The third kappa shape index (κ3) is 5.49.